The molecular weight excluding hydrogens is 272 g/mol. The third-order valence-corrected chi connectivity index (χ3v) is 4.61. The van der Waals surface area contributed by atoms with E-state index in [4.69, 9.17) is 5.73 Å². The van der Waals surface area contributed by atoms with Gasteiger partial charge in [-0.05, 0) is 45.6 Å². The Morgan fingerprint density at radius 3 is 1.95 bits per heavy atom. The highest BCUT2D eigenvalue weighted by atomic mass is 16.2. The fourth-order valence-electron chi connectivity index (χ4n) is 3.10. The summed E-state index contributed by atoms with van der Waals surface area (Å²) < 4.78 is 0. The van der Waals surface area contributed by atoms with Crippen LogP contribution in [0.1, 0.15) is 91.4 Å². The molecule has 132 valence electrons. The van der Waals surface area contributed by atoms with Gasteiger partial charge in [-0.2, -0.15) is 0 Å². The number of nitrogens with two attached hydrogens (primary N) is 1. The Morgan fingerprint density at radius 2 is 1.41 bits per heavy atom. The highest BCUT2D eigenvalue weighted by molar-refractivity contribution is 5.76. The lowest BCUT2D eigenvalue weighted by molar-refractivity contribution is -0.131. The van der Waals surface area contributed by atoms with Gasteiger partial charge in [0.05, 0.1) is 0 Å². The zero-order chi connectivity index (χ0) is 16.6. The van der Waals surface area contributed by atoms with Gasteiger partial charge in [0.2, 0.25) is 5.91 Å². The van der Waals surface area contributed by atoms with E-state index in [-0.39, 0.29) is 0 Å². The number of rotatable bonds is 15. The molecular formula is C19H40N2O. The summed E-state index contributed by atoms with van der Waals surface area (Å²) in [5, 5.41) is 0. The smallest absolute Gasteiger partial charge is 0.222 e. The van der Waals surface area contributed by atoms with Crippen molar-refractivity contribution in [3.8, 4) is 0 Å². The summed E-state index contributed by atoms with van der Waals surface area (Å²) in [6.45, 7) is 8.79. The normalized spacial score (nSPS) is 12.4. The first-order chi connectivity index (χ1) is 10.7. The number of hydrogen-bond donors (Lipinski definition) is 1. The number of carbonyl (C=O) groups excluding carboxylic acids is 1. The van der Waals surface area contributed by atoms with Crippen LogP contribution in [0.2, 0.25) is 0 Å². The molecule has 0 heterocycles. The van der Waals surface area contributed by atoms with Crippen molar-refractivity contribution in [2.24, 2.45) is 11.7 Å². The summed E-state index contributed by atoms with van der Waals surface area (Å²) in [4.78, 5) is 14.2. The number of amides is 1. The first-order valence-corrected chi connectivity index (χ1v) is 9.67. The predicted molar refractivity (Wildman–Crippen MR) is 96.9 cm³/mol. The zero-order valence-electron chi connectivity index (χ0n) is 15.4. The van der Waals surface area contributed by atoms with Crippen molar-refractivity contribution in [3.63, 3.8) is 0 Å². The van der Waals surface area contributed by atoms with Crippen LogP contribution in [0.4, 0.5) is 0 Å². The maximum absolute atomic E-state index is 12.3. The van der Waals surface area contributed by atoms with E-state index in [0.717, 1.165) is 38.9 Å². The van der Waals surface area contributed by atoms with E-state index in [1.54, 1.807) is 0 Å². The van der Waals surface area contributed by atoms with Gasteiger partial charge in [-0.1, -0.05) is 51.9 Å². The largest absolute Gasteiger partial charge is 0.343 e. The molecule has 1 unspecified atom stereocenters. The van der Waals surface area contributed by atoms with E-state index < -0.39 is 0 Å². The van der Waals surface area contributed by atoms with Crippen LogP contribution in [0, 0.1) is 5.92 Å². The average Bonchev–Trinajstić information content (AvgIpc) is 2.52. The van der Waals surface area contributed by atoms with Gasteiger partial charge in [0, 0.05) is 19.5 Å². The Hall–Kier alpha value is -0.570. The van der Waals surface area contributed by atoms with Crippen molar-refractivity contribution in [3.05, 3.63) is 0 Å². The molecule has 0 aliphatic heterocycles. The van der Waals surface area contributed by atoms with Gasteiger partial charge >= 0.3 is 0 Å². The third kappa shape index (κ3) is 11.1. The van der Waals surface area contributed by atoms with E-state index in [0.29, 0.717) is 11.8 Å². The second-order valence-corrected chi connectivity index (χ2v) is 6.48. The zero-order valence-corrected chi connectivity index (χ0v) is 15.4. The highest BCUT2D eigenvalue weighted by Crippen LogP contribution is 2.21. The Morgan fingerprint density at radius 1 is 0.864 bits per heavy atom. The molecule has 3 heteroatoms. The molecule has 0 saturated heterocycles. The van der Waals surface area contributed by atoms with Gasteiger partial charge in [-0.3, -0.25) is 4.79 Å². The molecule has 0 aliphatic carbocycles. The second-order valence-electron chi connectivity index (χ2n) is 6.48. The van der Waals surface area contributed by atoms with E-state index in [1.807, 2.05) is 4.90 Å². The minimum Gasteiger partial charge on any atom is -0.343 e. The minimum absolute atomic E-state index is 0.329. The van der Waals surface area contributed by atoms with Gasteiger partial charge in [0.25, 0.3) is 0 Å². The molecule has 1 atom stereocenters. The number of carbonyl (C=O) groups is 1. The molecule has 0 bridgehead atoms. The topological polar surface area (TPSA) is 46.3 Å². The molecule has 3 nitrogen and oxygen atoms in total. The monoisotopic (exact) mass is 312 g/mol. The van der Waals surface area contributed by atoms with E-state index >= 15 is 0 Å². The fraction of sp³-hybridized carbons (Fsp3) is 0.947. The van der Waals surface area contributed by atoms with Crippen molar-refractivity contribution >= 4 is 5.91 Å². The maximum Gasteiger partial charge on any atom is 0.222 e. The highest BCUT2D eigenvalue weighted by Gasteiger charge is 2.16. The Bertz CT molecular complexity index is 252. The van der Waals surface area contributed by atoms with E-state index in [2.05, 4.69) is 20.8 Å². The molecule has 0 saturated carbocycles. The van der Waals surface area contributed by atoms with Crippen LogP contribution in [0.5, 0.6) is 0 Å². The second kappa shape index (κ2) is 15.3. The summed E-state index contributed by atoms with van der Waals surface area (Å²) in [5.74, 6) is 0.863. The summed E-state index contributed by atoms with van der Waals surface area (Å²) in [6.07, 6.45) is 13.5. The van der Waals surface area contributed by atoms with Gasteiger partial charge in [-0.25, -0.2) is 0 Å². The van der Waals surface area contributed by atoms with Crippen LogP contribution in [0.25, 0.3) is 0 Å². The minimum atomic E-state index is 0.329. The molecule has 2 N–H and O–H groups in total. The molecule has 0 radical (unpaired) electrons. The third-order valence-electron chi connectivity index (χ3n) is 4.61. The van der Waals surface area contributed by atoms with Crippen molar-refractivity contribution in [2.45, 2.75) is 91.4 Å². The van der Waals surface area contributed by atoms with Crippen LogP contribution < -0.4 is 5.73 Å². The predicted octanol–water partition coefficient (Wildman–Crippen LogP) is 4.74. The van der Waals surface area contributed by atoms with Crippen molar-refractivity contribution in [1.29, 1.82) is 0 Å². The number of hydrogen-bond acceptors (Lipinski definition) is 2. The van der Waals surface area contributed by atoms with E-state index in [9.17, 15) is 4.79 Å². The van der Waals surface area contributed by atoms with Crippen molar-refractivity contribution < 1.29 is 4.79 Å². The lowest BCUT2D eigenvalue weighted by Crippen LogP contribution is -2.32. The Balaban J connectivity index is 3.99. The first-order valence-electron chi connectivity index (χ1n) is 9.67. The van der Waals surface area contributed by atoms with Crippen LogP contribution in [0.15, 0.2) is 0 Å². The average molecular weight is 313 g/mol. The summed E-state index contributed by atoms with van der Waals surface area (Å²) in [5.41, 5.74) is 5.65. The molecule has 0 spiro atoms. The SMILES string of the molecule is CCCCCCCCCC(CCCN)CC(=O)N(CC)CC. The molecule has 0 aromatic heterocycles. The molecule has 0 aromatic carbocycles. The standard InChI is InChI=1S/C19H40N2O/c1-4-7-8-9-10-11-12-14-18(15-13-16-20)17-19(22)21(5-2)6-3/h18H,4-17,20H2,1-3H3. The number of unbranched alkanes of at least 4 members (excludes halogenated alkanes) is 6. The van der Waals surface area contributed by atoms with E-state index in [1.165, 1.54) is 51.4 Å². The van der Waals surface area contributed by atoms with Gasteiger partial charge < -0.3 is 10.6 Å². The Kier molecular flexibility index (Phi) is 14.9. The molecule has 0 aliphatic rings. The van der Waals surface area contributed by atoms with Crippen LogP contribution in [-0.2, 0) is 4.79 Å². The van der Waals surface area contributed by atoms with Crippen LogP contribution in [0.3, 0.4) is 0 Å². The maximum atomic E-state index is 12.3. The molecule has 1 amide bonds. The fourth-order valence-corrected chi connectivity index (χ4v) is 3.10. The van der Waals surface area contributed by atoms with Crippen LogP contribution in [-0.4, -0.2) is 30.4 Å². The van der Waals surface area contributed by atoms with Crippen molar-refractivity contribution in [2.75, 3.05) is 19.6 Å². The van der Waals surface area contributed by atoms with Crippen molar-refractivity contribution in [1.82, 2.24) is 4.90 Å². The quantitative estimate of drug-likeness (QED) is 0.444. The summed E-state index contributed by atoms with van der Waals surface area (Å²) in [6, 6.07) is 0. The van der Waals surface area contributed by atoms with Crippen LogP contribution >= 0.6 is 0 Å². The van der Waals surface area contributed by atoms with Gasteiger partial charge in [-0.15, -0.1) is 0 Å². The molecule has 0 aromatic rings. The molecule has 0 fully saturated rings. The lowest BCUT2D eigenvalue weighted by atomic mass is 9.92. The lowest BCUT2D eigenvalue weighted by Gasteiger charge is -2.23. The van der Waals surface area contributed by atoms with Gasteiger partial charge in [0.1, 0.15) is 0 Å². The molecule has 0 rings (SSSR count). The summed E-state index contributed by atoms with van der Waals surface area (Å²) >= 11 is 0. The Labute approximate surface area is 139 Å². The summed E-state index contributed by atoms with van der Waals surface area (Å²) in [7, 11) is 0. The van der Waals surface area contributed by atoms with Gasteiger partial charge in [0.15, 0.2) is 0 Å². The number of nitrogens with zero attached hydrogens (tertiary/aromatic N) is 1. The first kappa shape index (κ1) is 21.4. The molecule has 22 heavy (non-hydrogen) atoms.